The standard InChI is InChI=1S/C5H11NO3S/c1-3-4-5(7)6(2)10(8)9/h3-4H2,1-2H3,(H,8,9)/p-1. The van der Waals surface area contributed by atoms with Crippen molar-refractivity contribution in [1.82, 2.24) is 4.31 Å². The molecular formula is C5H10NO3S-. The van der Waals surface area contributed by atoms with E-state index >= 15 is 0 Å². The van der Waals surface area contributed by atoms with Gasteiger partial charge in [-0.15, -0.1) is 0 Å². The molecule has 0 heterocycles. The van der Waals surface area contributed by atoms with E-state index in [4.69, 9.17) is 0 Å². The molecule has 0 saturated heterocycles. The highest BCUT2D eigenvalue weighted by atomic mass is 32.2. The van der Waals surface area contributed by atoms with Crippen molar-refractivity contribution >= 4 is 17.2 Å². The molecular weight excluding hydrogens is 154 g/mol. The van der Waals surface area contributed by atoms with E-state index < -0.39 is 11.3 Å². The maximum absolute atomic E-state index is 10.7. The van der Waals surface area contributed by atoms with Gasteiger partial charge in [0.25, 0.3) is 0 Å². The molecule has 0 aromatic carbocycles. The molecule has 0 fully saturated rings. The molecule has 60 valence electrons. The minimum atomic E-state index is -2.41. The minimum absolute atomic E-state index is 0.282. The van der Waals surface area contributed by atoms with Gasteiger partial charge in [-0.05, 0) is 6.42 Å². The zero-order chi connectivity index (χ0) is 8.15. The highest BCUT2D eigenvalue weighted by Gasteiger charge is 2.05. The largest absolute Gasteiger partial charge is 0.755 e. The van der Waals surface area contributed by atoms with Gasteiger partial charge < -0.3 is 4.55 Å². The maximum Gasteiger partial charge on any atom is 0.233 e. The Bertz CT molecular complexity index is 148. The van der Waals surface area contributed by atoms with Crippen molar-refractivity contribution in [2.45, 2.75) is 19.8 Å². The molecule has 0 aromatic heterocycles. The monoisotopic (exact) mass is 164 g/mol. The molecule has 1 amide bonds. The predicted molar refractivity (Wildman–Crippen MR) is 36.6 cm³/mol. The SMILES string of the molecule is CCCC(=O)N(C)S(=O)[O-]. The highest BCUT2D eigenvalue weighted by molar-refractivity contribution is 7.77. The minimum Gasteiger partial charge on any atom is -0.755 e. The fourth-order valence-electron chi connectivity index (χ4n) is 0.454. The zero-order valence-electron chi connectivity index (χ0n) is 5.99. The number of carbonyl (C=O) groups excluding carboxylic acids is 1. The van der Waals surface area contributed by atoms with E-state index in [2.05, 4.69) is 0 Å². The normalized spacial score (nSPS) is 12.7. The van der Waals surface area contributed by atoms with E-state index in [0.29, 0.717) is 10.7 Å². The summed E-state index contributed by atoms with van der Waals surface area (Å²) in [4.78, 5) is 10.7. The van der Waals surface area contributed by atoms with Crippen molar-refractivity contribution in [2.24, 2.45) is 0 Å². The summed E-state index contributed by atoms with van der Waals surface area (Å²) in [6, 6.07) is 0. The molecule has 0 saturated carbocycles. The average molecular weight is 164 g/mol. The third-order valence-electron chi connectivity index (χ3n) is 1.04. The summed E-state index contributed by atoms with van der Waals surface area (Å²) in [5, 5.41) is 0. The first-order chi connectivity index (χ1) is 4.59. The quantitative estimate of drug-likeness (QED) is 0.553. The molecule has 10 heavy (non-hydrogen) atoms. The molecule has 4 nitrogen and oxygen atoms in total. The van der Waals surface area contributed by atoms with Crippen LogP contribution < -0.4 is 0 Å². The van der Waals surface area contributed by atoms with Gasteiger partial charge in [0.15, 0.2) is 0 Å². The summed E-state index contributed by atoms with van der Waals surface area (Å²) in [5.41, 5.74) is 0. The van der Waals surface area contributed by atoms with Crippen molar-refractivity contribution in [3.8, 4) is 0 Å². The van der Waals surface area contributed by atoms with Gasteiger partial charge in [0, 0.05) is 24.7 Å². The van der Waals surface area contributed by atoms with E-state index in [1.54, 1.807) is 0 Å². The molecule has 0 radical (unpaired) electrons. The second kappa shape index (κ2) is 4.40. The smallest absolute Gasteiger partial charge is 0.233 e. The van der Waals surface area contributed by atoms with Crippen LogP contribution in [0, 0.1) is 0 Å². The van der Waals surface area contributed by atoms with E-state index in [1.807, 2.05) is 6.92 Å². The van der Waals surface area contributed by atoms with E-state index in [1.165, 1.54) is 7.05 Å². The van der Waals surface area contributed by atoms with E-state index in [9.17, 15) is 13.6 Å². The Balaban J connectivity index is 3.82. The van der Waals surface area contributed by atoms with Crippen LogP contribution in [0.3, 0.4) is 0 Å². The van der Waals surface area contributed by atoms with Crippen molar-refractivity contribution < 1.29 is 13.6 Å². The Hall–Kier alpha value is -0.420. The van der Waals surface area contributed by atoms with E-state index in [-0.39, 0.29) is 12.3 Å². The van der Waals surface area contributed by atoms with Crippen molar-refractivity contribution in [1.29, 1.82) is 0 Å². The molecule has 0 spiro atoms. The molecule has 0 rings (SSSR count). The third-order valence-corrected chi connectivity index (χ3v) is 1.69. The second-order valence-corrected chi connectivity index (χ2v) is 2.84. The third kappa shape index (κ3) is 2.93. The number of carbonyl (C=O) groups is 1. The second-order valence-electron chi connectivity index (χ2n) is 1.86. The zero-order valence-corrected chi connectivity index (χ0v) is 6.81. The summed E-state index contributed by atoms with van der Waals surface area (Å²) in [6.45, 7) is 1.82. The lowest BCUT2D eigenvalue weighted by atomic mass is 10.3. The summed E-state index contributed by atoms with van der Waals surface area (Å²) in [6.07, 6.45) is 0.949. The van der Waals surface area contributed by atoms with Gasteiger partial charge in [0.2, 0.25) is 5.91 Å². The summed E-state index contributed by atoms with van der Waals surface area (Å²) in [5.74, 6) is -0.365. The van der Waals surface area contributed by atoms with Gasteiger partial charge >= 0.3 is 0 Å². The molecule has 1 unspecified atom stereocenters. The van der Waals surface area contributed by atoms with Crippen LogP contribution in [0.25, 0.3) is 0 Å². The number of nitrogens with zero attached hydrogens (tertiary/aromatic N) is 1. The number of hydrogen-bond donors (Lipinski definition) is 0. The first kappa shape index (κ1) is 9.58. The van der Waals surface area contributed by atoms with Gasteiger partial charge in [-0.1, -0.05) is 6.92 Å². The Morgan fingerprint density at radius 1 is 1.70 bits per heavy atom. The van der Waals surface area contributed by atoms with Crippen LogP contribution in [-0.2, 0) is 16.1 Å². The lowest BCUT2D eigenvalue weighted by molar-refractivity contribution is -0.125. The number of rotatable bonds is 3. The molecule has 5 heteroatoms. The Labute approximate surface area is 62.6 Å². The van der Waals surface area contributed by atoms with Gasteiger partial charge in [-0.3, -0.25) is 13.3 Å². The Kier molecular flexibility index (Phi) is 4.22. The molecule has 1 atom stereocenters. The summed E-state index contributed by atoms with van der Waals surface area (Å²) in [7, 11) is 1.24. The topological polar surface area (TPSA) is 60.4 Å². The fraction of sp³-hybridized carbons (Fsp3) is 0.800. The predicted octanol–water partition coefficient (Wildman–Crippen LogP) is 0.0390. The van der Waals surface area contributed by atoms with Crippen molar-refractivity contribution in [3.05, 3.63) is 0 Å². The van der Waals surface area contributed by atoms with Crippen molar-refractivity contribution in [3.63, 3.8) is 0 Å². The Morgan fingerprint density at radius 3 is 2.50 bits per heavy atom. The Morgan fingerprint density at radius 2 is 2.20 bits per heavy atom. The van der Waals surface area contributed by atoms with Crippen molar-refractivity contribution in [2.75, 3.05) is 7.05 Å². The molecule has 0 aliphatic rings. The van der Waals surface area contributed by atoms with Crippen LogP contribution in [0.15, 0.2) is 0 Å². The van der Waals surface area contributed by atoms with Gasteiger partial charge in [-0.2, -0.15) is 0 Å². The highest BCUT2D eigenvalue weighted by Crippen LogP contribution is 1.95. The molecule has 0 N–H and O–H groups in total. The molecule has 0 bridgehead atoms. The van der Waals surface area contributed by atoms with Crippen LogP contribution in [0.4, 0.5) is 0 Å². The van der Waals surface area contributed by atoms with Crippen LogP contribution in [0.1, 0.15) is 19.8 Å². The van der Waals surface area contributed by atoms with Gasteiger partial charge in [0.05, 0.1) is 0 Å². The van der Waals surface area contributed by atoms with Crippen LogP contribution in [0.2, 0.25) is 0 Å². The molecule has 0 aliphatic carbocycles. The summed E-state index contributed by atoms with van der Waals surface area (Å²) >= 11 is -2.41. The number of amides is 1. The number of hydrogen-bond acceptors (Lipinski definition) is 3. The van der Waals surface area contributed by atoms with E-state index in [0.717, 1.165) is 0 Å². The van der Waals surface area contributed by atoms with Gasteiger partial charge in [0.1, 0.15) is 0 Å². The average Bonchev–Trinajstić information content (AvgIpc) is 1.87. The first-order valence-corrected chi connectivity index (χ1v) is 3.98. The fourth-order valence-corrected chi connectivity index (χ4v) is 0.712. The molecule has 0 aromatic rings. The maximum atomic E-state index is 10.7. The van der Waals surface area contributed by atoms with Crippen LogP contribution in [-0.4, -0.2) is 26.0 Å². The lowest BCUT2D eigenvalue weighted by Gasteiger charge is -2.18. The first-order valence-electron chi connectivity index (χ1n) is 2.95. The van der Waals surface area contributed by atoms with Crippen LogP contribution >= 0.6 is 0 Å². The summed E-state index contributed by atoms with van der Waals surface area (Å²) < 4.78 is 20.9. The lowest BCUT2D eigenvalue weighted by Crippen LogP contribution is -2.27. The van der Waals surface area contributed by atoms with Gasteiger partial charge in [-0.25, -0.2) is 0 Å². The molecule has 0 aliphatic heterocycles. The van der Waals surface area contributed by atoms with Crippen LogP contribution in [0.5, 0.6) is 0 Å².